The van der Waals surface area contributed by atoms with E-state index in [0.717, 1.165) is 35.3 Å². The van der Waals surface area contributed by atoms with Crippen molar-refractivity contribution < 1.29 is 94.5 Å². The predicted molar refractivity (Wildman–Crippen MR) is 204 cm³/mol. The molecule has 0 spiro atoms. The largest absolute Gasteiger partial charge is 1.00 e. The van der Waals surface area contributed by atoms with Crippen molar-refractivity contribution in [2.75, 3.05) is 44.4 Å². The summed E-state index contributed by atoms with van der Waals surface area (Å²) in [4.78, 5) is 2.07. The predicted octanol–water partition coefficient (Wildman–Crippen LogP) is 2.11. The van der Waals surface area contributed by atoms with Crippen LogP contribution in [0.4, 0.5) is 0 Å². The van der Waals surface area contributed by atoms with Crippen molar-refractivity contribution in [1.82, 2.24) is 4.90 Å². The standard InChI is InChI=1S/C39H57NO8S2.CH4.2Na/c1-2-3-4-5-6-7-8-17-31-47-38-26-24-37(25-27-38)39(35-20-11-9-12-21-35,36-22-13-10-14-23-36)48-32-30-40(28-15-18-33-49(41,42)43)29-16-19-34-50(44,45)46;;;/h9-14,20-27H,2-8,15-19,28-34H2,1H3,(H,41,42,43)(H,44,45,46);1H4;;/q;;2*+1/p-2. The summed E-state index contributed by atoms with van der Waals surface area (Å²) in [7, 11) is -8.62. The number of ether oxygens (including phenoxy) is 2. The Kier molecular flexibility index (Phi) is 28.1. The van der Waals surface area contributed by atoms with Gasteiger partial charge in [-0.15, -0.1) is 0 Å². The minimum atomic E-state index is -4.31. The fraction of sp³-hybridized carbons (Fsp3) is 0.550. The van der Waals surface area contributed by atoms with Crippen LogP contribution in [-0.2, 0) is 30.6 Å². The molecule has 0 aliphatic rings. The number of hydrogen-bond acceptors (Lipinski definition) is 9. The molecule has 3 aromatic carbocycles. The van der Waals surface area contributed by atoms with E-state index in [9.17, 15) is 25.9 Å². The molecule has 0 unspecified atom stereocenters. The zero-order chi connectivity index (χ0) is 36.1. The third-order valence-corrected chi connectivity index (χ3v) is 10.4. The van der Waals surface area contributed by atoms with E-state index < -0.39 is 37.3 Å². The van der Waals surface area contributed by atoms with Gasteiger partial charge in [0.05, 0.1) is 33.5 Å². The van der Waals surface area contributed by atoms with E-state index in [0.29, 0.717) is 45.7 Å². The molecule has 0 saturated carbocycles. The Bertz CT molecular complexity index is 1480. The molecule has 0 heterocycles. The molecule has 0 aromatic heterocycles. The van der Waals surface area contributed by atoms with Crippen LogP contribution in [0.2, 0.25) is 0 Å². The third-order valence-electron chi connectivity index (χ3n) is 8.85. The molecule has 3 aromatic rings. The Labute approximate surface area is 365 Å². The van der Waals surface area contributed by atoms with Crippen molar-refractivity contribution in [3.63, 3.8) is 0 Å². The summed E-state index contributed by atoms with van der Waals surface area (Å²) in [5.74, 6) is -0.0658. The van der Waals surface area contributed by atoms with Gasteiger partial charge < -0.3 is 23.5 Å². The quantitative estimate of drug-likeness (QED) is 0.0493. The third kappa shape index (κ3) is 20.8. The smallest absolute Gasteiger partial charge is 0.748 e. The molecule has 3 rings (SSSR count). The van der Waals surface area contributed by atoms with Gasteiger partial charge in [-0.1, -0.05) is 132 Å². The first-order valence-electron chi connectivity index (χ1n) is 18.1. The summed E-state index contributed by atoms with van der Waals surface area (Å²) in [6, 6.07) is 28.1. The zero-order valence-corrected chi connectivity index (χ0v) is 37.2. The fourth-order valence-electron chi connectivity index (χ4n) is 6.20. The molecule has 0 aliphatic carbocycles. The van der Waals surface area contributed by atoms with Gasteiger partial charge in [0.15, 0.2) is 0 Å². The molecule has 0 fully saturated rings. The first kappa shape index (κ1) is 52.2. The first-order chi connectivity index (χ1) is 24.0. The fourth-order valence-corrected chi connectivity index (χ4v) is 7.31. The summed E-state index contributed by atoms with van der Waals surface area (Å²) in [5.41, 5.74) is 1.87. The summed E-state index contributed by atoms with van der Waals surface area (Å²) in [6.45, 7) is 4.66. The van der Waals surface area contributed by atoms with Gasteiger partial charge in [0, 0.05) is 18.1 Å². The van der Waals surface area contributed by atoms with Crippen molar-refractivity contribution in [2.45, 2.75) is 97.0 Å². The van der Waals surface area contributed by atoms with E-state index in [-0.39, 0.29) is 79.4 Å². The maximum absolute atomic E-state index is 11.1. The van der Waals surface area contributed by atoms with Gasteiger partial charge in [-0.3, -0.25) is 0 Å². The number of nitrogens with zero attached hydrogens (tertiary/aromatic N) is 1. The van der Waals surface area contributed by atoms with E-state index in [4.69, 9.17) is 9.47 Å². The molecule has 286 valence electrons. The van der Waals surface area contributed by atoms with Gasteiger partial charge in [-0.25, -0.2) is 16.8 Å². The summed E-state index contributed by atoms with van der Waals surface area (Å²) in [5, 5.41) is 0. The van der Waals surface area contributed by atoms with Crippen LogP contribution in [0.3, 0.4) is 0 Å². The van der Waals surface area contributed by atoms with Crippen molar-refractivity contribution in [3.8, 4) is 5.75 Å². The molecule has 0 aliphatic heterocycles. The molecule has 13 heteroatoms. The Balaban J connectivity index is 0.00000901. The second kappa shape index (κ2) is 28.6. The van der Waals surface area contributed by atoms with Gasteiger partial charge in [0.2, 0.25) is 0 Å². The molecule has 0 bridgehead atoms. The normalized spacial score (nSPS) is 11.7. The van der Waals surface area contributed by atoms with E-state index in [1.54, 1.807) is 0 Å². The van der Waals surface area contributed by atoms with Gasteiger partial charge in [0.25, 0.3) is 0 Å². The Hall–Kier alpha value is -0.800. The summed E-state index contributed by atoms with van der Waals surface area (Å²) < 4.78 is 79.9. The summed E-state index contributed by atoms with van der Waals surface area (Å²) >= 11 is 0. The van der Waals surface area contributed by atoms with Crippen LogP contribution >= 0.6 is 0 Å². The van der Waals surface area contributed by atoms with Crippen molar-refractivity contribution >= 4 is 20.2 Å². The summed E-state index contributed by atoms with van der Waals surface area (Å²) in [6.07, 6.45) is 11.3. The van der Waals surface area contributed by atoms with Crippen LogP contribution in [0, 0.1) is 0 Å². The average Bonchev–Trinajstić information content (AvgIpc) is 3.09. The van der Waals surface area contributed by atoms with Gasteiger partial charge >= 0.3 is 59.1 Å². The molecule has 0 atom stereocenters. The van der Waals surface area contributed by atoms with E-state index >= 15 is 0 Å². The second-order valence-corrected chi connectivity index (χ2v) is 15.9. The van der Waals surface area contributed by atoms with Crippen molar-refractivity contribution in [1.29, 1.82) is 0 Å². The monoisotopic (exact) mass is 791 g/mol. The van der Waals surface area contributed by atoms with Crippen LogP contribution in [0.15, 0.2) is 84.9 Å². The van der Waals surface area contributed by atoms with Gasteiger partial charge in [-0.05, 0) is 74.0 Å². The Morgan fingerprint density at radius 3 is 1.43 bits per heavy atom. The molecule has 53 heavy (non-hydrogen) atoms. The van der Waals surface area contributed by atoms with E-state index in [1.807, 2.05) is 84.9 Å². The minimum Gasteiger partial charge on any atom is -0.748 e. The van der Waals surface area contributed by atoms with Crippen LogP contribution < -0.4 is 63.9 Å². The molecular formula is C40H59NNa2O8S2. The topological polar surface area (TPSA) is 136 Å². The average molecular weight is 792 g/mol. The number of rotatable bonds is 27. The second-order valence-electron chi connectivity index (χ2n) is 12.9. The van der Waals surface area contributed by atoms with Crippen molar-refractivity contribution in [2.24, 2.45) is 0 Å². The van der Waals surface area contributed by atoms with Crippen LogP contribution in [0.5, 0.6) is 5.75 Å². The maximum atomic E-state index is 11.1. The maximum Gasteiger partial charge on any atom is 1.00 e. The zero-order valence-electron chi connectivity index (χ0n) is 31.5. The number of hydrogen-bond donors (Lipinski definition) is 0. The van der Waals surface area contributed by atoms with Crippen LogP contribution in [-0.4, -0.2) is 75.2 Å². The van der Waals surface area contributed by atoms with Crippen molar-refractivity contribution in [3.05, 3.63) is 102 Å². The molecule has 0 N–H and O–H groups in total. The molecule has 9 nitrogen and oxygen atoms in total. The molecular weight excluding hydrogens is 733 g/mol. The van der Waals surface area contributed by atoms with Crippen LogP contribution in [0.25, 0.3) is 0 Å². The number of unbranched alkanes of at least 4 members (excludes halogenated alkanes) is 9. The van der Waals surface area contributed by atoms with Crippen LogP contribution in [0.1, 0.15) is 108 Å². The Morgan fingerprint density at radius 2 is 0.981 bits per heavy atom. The molecule has 0 amide bonds. The van der Waals surface area contributed by atoms with Gasteiger partial charge in [-0.2, -0.15) is 0 Å². The number of benzene rings is 3. The Morgan fingerprint density at radius 1 is 0.547 bits per heavy atom. The first-order valence-corrected chi connectivity index (χ1v) is 21.3. The van der Waals surface area contributed by atoms with Gasteiger partial charge in [0.1, 0.15) is 11.4 Å². The minimum absolute atomic E-state index is 0. The molecule has 0 saturated heterocycles. The van der Waals surface area contributed by atoms with E-state index in [1.165, 1.54) is 38.5 Å². The molecule has 0 radical (unpaired) electrons. The van der Waals surface area contributed by atoms with E-state index in [2.05, 4.69) is 11.8 Å². The SMILES string of the molecule is C.CCCCCCCCCCOc1ccc(C(OCCN(CCCCS(=O)(=O)[O-])CCCCS(=O)(=O)[O-])(c2ccccc2)c2ccccc2)cc1.[Na+].[Na+].